The van der Waals surface area contributed by atoms with Gasteiger partial charge in [0.1, 0.15) is 0 Å². The quantitative estimate of drug-likeness (QED) is 0.930. The van der Waals surface area contributed by atoms with Crippen LogP contribution in [0.25, 0.3) is 0 Å². The molecule has 4 rings (SSSR count). The molecular formula is C18H26N6O. The van der Waals surface area contributed by atoms with E-state index in [1.807, 2.05) is 35.2 Å². The number of aryl methyl sites for hydroxylation is 1. The van der Waals surface area contributed by atoms with E-state index >= 15 is 0 Å². The summed E-state index contributed by atoms with van der Waals surface area (Å²) in [5.41, 5.74) is 1.90. The molecule has 1 aliphatic carbocycles. The predicted molar refractivity (Wildman–Crippen MR) is 95.2 cm³/mol. The van der Waals surface area contributed by atoms with Crippen LogP contribution >= 0.6 is 0 Å². The summed E-state index contributed by atoms with van der Waals surface area (Å²) >= 11 is 0. The van der Waals surface area contributed by atoms with Gasteiger partial charge in [-0.25, -0.2) is 4.79 Å². The summed E-state index contributed by atoms with van der Waals surface area (Å²) in [5, 5.41) is 11.7. The first kappa shape index (κ1) is 16.2. The van der Waals surface area contributed by atoms with Crippen LogP contribution in [0.15, 0.2) is 24.8 Å². The van der Waals surface area contributed by atoms with Gasteiger partial charge in [0, 0.05) is 37.0 Å². The minimum atomic E-state index is -0.0702. The number of anilines is 1. The molecule has 7 nitrogen and oxygen atoms in total. The van der Waals surface area contributed by atoms with Gasteiger partial charge in [-0.3, -0.25) is 9.36 Å². The van der Waals surface area contributed by atoms with Gasteiger partial charge in [0.2, 0.25) is 0 Å². The van der Waals surface area contributed by atoms with Crippen LogP contribution in [0.1, 0.15) is 57.2 Å². The maximum atomic E-state index is 12.8. The zero-order chi connectivity index (χ0) is 17.6. The number of likely N-dealkylation sites (tertiary alicyclic amines) is 1. The summed E-state index contributed by atoms with van der Waals surface area (Å²) in [6, 6.07) is 0.460. The molecule has 2 amide bonds. The minimum absolute atomic E-state index is 0.0473. The van der Waals surface area contributed by atoms with Crippen LogP contribution in [0.2, 0.25) is 0 Å². The number of amides is 2. The average molecular weight is 342 g/mol. The predicted octanol–water partition coefficient (Wildman–Crippen LogP) is 3.35. The van der Waals surface area contributed by atoms with E-state index in [1.54, 1.807) is 10.9 Å². The van der Waals surface area contributed by atoms with Crippen LogP contribution in [-0.4, -0.2) is 37.0 Å². The second-order valence-corrected chi connectivity index (χ2v) is 8.04. The average Bonchev–Trinajstić information content (AvgIpc) is 3.26. The highest BCUT2D eigenvalue weighted by Gasteiger charge is 2.49. The number of aromatic nitrogens is 4. The molecule has 1 saturated carbocycles. The van der Waals surface area contributed by atoms with Crippen LogP contribution in [0.4, 0.5) is 10.5 Å². The maximum absolute atomic E-state index is 12.8. The Bertz CT molecular complexity index is 770. The molecule has 3 heterocycles. The van der Waals surface area contributed by atoms with Gasteiger partial charge in [0.05, 0.1) is 30.2 Å². The van der Waals surface area contributed by atoms with E-state index in [0.717, 1.165) is 17.8 Å². The minimum Gasteiger partial charge on any atom is -0.316 e. The summed E-state index contributed by atoms with van der Waals surface area (Å²) in [4.78, 5) is 14.6. The Morgan fingerprint density at radius 1 is 1.20 bits per heavy atom. The van der Waals surface area contributed by atoms with Crippen LogP contribution in [0.5, 0.6) is 0 Å². The fourth-order valence-corrected chi connectivity index (χ4v) is 4.29. The Morgan fingerprint density at radius 2 is 1.96 bits per heavy atom. The zero-order valence-electron chi connectivity index (χ0n) is 15.1. The SMILES string of the molecule is Cn1cc(C2N(C(=O)Nc3cnn(C4CCCC4)c3)CC2(C)C)cn1. The van der Waals surface area contributed by atoms with Gasteiger partial charge < -0.3 is 10.2 Å². The third-order valence-electron chi connectivity index (χ3n) is 5.48. The molecule has 1 aliphatic heterocycles. The van der Waals surface area contributed by atoms with Crippen LogP contribution in [0.3, 0.4) is 0 Å². The first-order valence-corrected chi connectivity index (χ1v) is 9.04. The van der Waals surface area contributed by atoms with Crippen molar-refractivity contribution in [3.05, 3.63) is 30.4 Å². The molecule has 25 heavy (non-hydrogen) atoms. The van der Waals surface area contributed by atoms with Gasteiger partial charge >= 0.3 is 6.03 Å². The molecule has 7 heteroatoms. The zero-order valence-corrected chi connectivity index (χ0v) is 15.1. The van der Waals surface area contributed by atoms with Crippen molar-refractivity contribution in [1.82, 2.24) is 24.5 Å². The lowest BCUT2D eigenvalue weighted by molar-refractivity contribution is -0.0115. The molecule has 1 saturated heterocycles. The van der Waals surface area contributed by atoms with Gasteiger partial charge in [-0.2, -0.15) is 10.2 Å². The fourth-order valence-electron chi connectivity index (χ4n) is 4.29. The van der Waals surface area contributed by atoms with Crippen molar-refractivity contribution in [3.8, 4) is 0 Å². The van der Waals surface area contributed by atoms with Crippen molar-refractivity contribution < 1.29 is 4.79 Å². The topological polar surface area (TPSA) is 68.0 Å². The van der Waals surface area contributed by atoms with E-state index in [-0.39, 0.29) is 17.5 Å². The van der Waals surface area contributed by atoms with Crippen molar-refractivity contribution in [3.63, 3.8) is 0 Å². The molecule has 2 fully saturated rings. The number of rotatable bonds is 3. The van der Waals surface area contributed by atoms with E-state index in [9.17, 15) is 4.79 Å². The molecule has 2 aromatic heterocycles. The molecular weight excluding hydrogens is 316 g/mol. The van der Waals surface area contributed by atoms with E-state index in [4.69, 9.17) is 0 Å². The van der Waals surface area contributed by atoms with Crippen molar-refractivity contribution in [1.29, 1.82) is 0 Å². The van der Waals surface area contributed by atoms with Crippen molar-refractivity contribution in [2.75, 3.05) is 11.9 Å². The van der Waals surface area contributed by atoms with Gasteiger partial charge in [0.25, 0.3) is 0 Å². The second kappa shape index (κ2) is 5.89. The fraction of sp³-hybridized carbons (Fsp3) is 0.611. The molecule has 1 atom stereocenters. The maximum Gasteiger partial charge on any atom is 0.322 e. The highest BCUT2D eigenvalue weighted by Crippen LogP contribution is 2.48. The van der Waals surface area contributed by atoms with Crippen molar-refractivity contribution in [2.24, 2.45) is 12.5 Å². The number of nitrogens with zero attached hydrogens (tertiary/aromatic N) is 5. The lowest BCUT2D eigenvalue weighted by Gasteiger charge is -2.53. The molecule has 1 N–H and O–H groups in total. The number of carbonyl (C=O) groups excluding carboxylic acids is 1. The normalized spacial score (nSPS) is 22.8. The highest BCUT2D eigenvalue weighted by molar-refractivity contribution is 5.90. The van der Waals surface area contributed by atoms with Gasteiger partial charge in [-0.05, 0) is 12.8 Å². The second-order valence-electron chi connectivity index (χ2n) is 8.04. The van der Waals surface area contributed by atoms with Crippen LogP contribution < -0.4 is 5.32 Å². The Morgan fingerprint density at radius 3 is 2.60 bits per heavy atom. The largest absolute Gasteiger partial charge is 0.322 e. The van der Waals surface area contributed by atoms with Gasteiger partial charge in [-0.15, -0.1) is 0 Å². The van der Waals surface area contributed by atoms with Gasteiger partial charge in [0.15, 0.2) is 0 Å². The summed E-state index contributed by atoms with van der Waals surface area (Å²) in [6.07, 6.45) is 12.4. The van der Waals surface area contributed by atoms with Crippen LogP contribution in [-0.2, 0) is 7.05 Å². The molecule has 134 valence electrons. The number of carbonyl (C=O) groups is 1. The third-order valence-corrected chi connectivity index (χ3v) is 5.48. The Hall–Kier alpha value is -2.31. The van der Waals surface area contributed by atoms with Crippen LogP contribution in [0, 0.1) is 5.41 Å². The summed E-state index contributed by atoms with van der Waals surface area (Å²) in [6.45, 7) is 5.11. The third kappa shape index (κ3) is 2.92. The Kier molecular flexibility index (Phi) is 3.81. The molecule has 2 aliphatic rings. The number of nitrogens with one attached hydrogen (secondary N) is 1. The summed E-state index contributed by atoms with van der Waals surface area (Å²) in [7, 11) is 1.90. The van der Waals surface area contributed by atoms with E-state index in [2.05, 4.69) is 29.4 Å². The smallest absolute Gasteiger partial charge is 0.316 e. The standard InChI is InChI=1S/C18H26N6O/c1-18(2)12-23(16(18)13-8-19-22(3)10-13)17(25)21-14-9-20-24(11-14)15-6-4-5-7-15/h8-11,15-16H,4-7,12H2,1-3H3,(H,21,25). The number of hydrogen-bond donors (Lipinski definition) is 1. The molecule has 2 aromatic rings. The van der Waals surface area contributed by atoms with Crippen molar-refractivity contribution in [2.45, 2.75) is 51.6 Å². The molecule has 0 bridgehead atoms. The Labute approximate surface area is 148 Å². The first-order chi connectivity index (χ1) is 11.9. The lowest BCUT2D eigenvalue weighted by atomic mass is 9.72. The lowest BCUT2D eigenvalue weighted by Crippen LogP contribution is -2.58. The Balaban J connectivity index is 1.45. The monoisotopic (exact) mass is 342 g/mol. The first-order valence-electron chi connectivity index (χ1n) is 9.04. The molecule has 0 aromatic carbocycles. The summed E-state index contributed by atoms with van der Waals surface area (Å²) in [5.74, 6) is 0. The van der Waals surface area contributed by atoms with E-state index in [1.165, 1.54) is 25.7 Å². The molecule has 0 spiro atoms. The van der Waals surface area contributed by atoms with Gasteiger partial charge in [-0.1, -0.05) is 26.7 Å². The highest BCUT2D eigenvalue weighted by atomic mass is 16.2. The van der Waals surface area contributed by atoms with E-state index in [0.29, 0.717) is 6.04 Å². The van der Waals surface area contributed by atoms with E-state index < -0.39 is 0 Å². The molecule has 1 unspecified atom stereocenters. The number of hydrogen-bond acceptors (Lipinski definition) is 3. The summed E-state index contributed by atoms with van der Waals surface area (Å²) < 4.78 is 3.78. The number of urea groups is 1. The van der Waals surface area contributed by atoms with Crippen molar-refractivity contribution >= 4 is 11.7 Å². The molecule has 0 radical (unpaired) electrons.